The van der Waals surface area contributed by atoms with Gasteiger partial charge in [-0.25, -0.2) is 0 Å². The van der Waals surface area contributed by atoms with E-state index in [0.717, 1.165) is 51.3 Å². The molecule has 1 fully saturated rings. The summed E-state index contributed by atoms with van der Waals surface area (Å²) in [4.78, 5) is 13.4. The minimum absolute atomic E-state index is 0.156. The maximum Gasteiger partial charge on any atom is 0.219 e. The van der Waals surface area contributed by atoms with Crippen molar-refractivity contribution in [2.45, 2.75) is 59.5 Å². The molecule has 3 heterocycles. The maximum atomic E-state index is 11.5. The van der Waals surface area contributed by atoms with Crippen LogP contribution in [-0.4, -0.2) is 40.3 Å². The SMILES string of the molecule is CC.CC(=O)N1CCc2c(c(C)nn2C2CCOCC2)C1. The van der Waals surface area contributed by atoms with Crippen molar-refractivity contribution in [2.24, 2.45) is 0 Å². The van der Waals surface area contributed by atoms with Crippen LogP contribution in [0.15, 0.2) is 0 Å². The summed E-state index contributed by atoms with van der Waals surface area (Å²) in [6, 6.07) is 0.472. The van der Waals surface area contributed by atoms with Crippen molar-refractivity contribution in [3.63, 3.8) is 0 Å². The van der Waals surface area contributed by atoms with Gasteiger partial charge in [-0.3, -0.25) is 9.48 Å². The van der Waals surface area contributed by atoms with Crippen molar-refractivity contribution >= 4 is 5.91 Å². The number of nitrogens with zero attached hydrogens (tertiary/aromatic N) is 3. The smallest absolute Gasteiger partial charge is 0.219 e. The van der Waals surface area contributed by atoms with Crippen LogP contribution in [0.2, 0.25) is 0 Å². The van der Waals surface area contributed by atoms with E-state index in [1.165, 1.54) is 11.3 Å². The van der Waals surface area contributed by atoms with Crippen molar-refractivity contribution < 1.29 is 9.53 Å². The largest absolute Gasteiger partial charge is 0.381 e. The van der Waals surface area contributed by atoms with E-state index in [4.69, 9.17) is 9.84 Å². The number of amides is 1. The first-order valence-electron chi connectivity index (χ1n) is 8.07. The number of hydrogen-bond donors (Lipinski definition) is 0. The molecule has 1 amide bonds. The lowest BCUT2D eigenvalue weighted by atomic mass is 10.0. The molecule has 3 rings (SSSR count). The number of aromatic nitrogens is 2. The molecule has 5 heteroatoms. The lowest BCUT2D eigenvalue weighted by Crippen LogP contribution is -2.35. The minimum atomic E-state index is 0.156. The van der Waals surface area contributed by atoms with Crippen LogP contribution in [0.1, 0.15) is 56.6 Å². The molecule has 2 aliphatic heterocycles. The fourth-order valence-electron chi connectivity index (χ4n) is 3.11. The van der Waals surface area contributed by atoms with Crippen molar-refractivity contribution in [3.8, 4) is 0 Å². The predicted octanol–water partition coefficient (Wildman–Crippen LogP) is 2.47. The Labute approximate surface area is 127 Å². The third-order valence-corrected chi connectivity index (χ3v) is 4.27. The molecule has 0 spiro atoms. The van der Waals surface area contributed by atoms with Crippen LogP contribution >= 0.6 is 0 Å². The Kier molecular flexibility index (Phi) is 5.39. The van der Waals surface area contributed by atoms with Gasteiger partial charge in [-0.05, 0) is 19.8 Å². The zero-order valence-corrected chi connectivity index (χ0v) is 13.7. The van der Waals surface area contributed by atoms with E-state index in [1.54, 1.807) is 6.92 Å². The Hall–Kier alpha value is -1.36. The molecule has 1 aromatic rings. The molecule has 1 aromatic heterocycles. The van der Waals surface area contributed by atoms with E-state index in [0.29, 0.717) is 6.04 Å². The molecule has 0 atom stereocenters. The summed E-state index contributed by atoms with van der Waals surface area (Å²) in [6.07, 6.45) is 3.01. The molecular weight excluding hydrogens is 266 g/mol. The summed E-state index contributed by atoms with van der Waals surface area (Å²) in [7, 11) is 0. The van der Waals surface area contributed by atoms with E-state index < -0.39 is 0 Å². The van der Waals surface area contributed by atoms with E-state index in [9.17, 15) is 4.79 Å². The molecule has 1 saturated heterocycles. The summed E-state index contributed by atoms with van der Waals surface area (Å²) in [6.45, 7) is 10.9. The van der Waals surface area contributed by atoms with Crippen LogP contribution < -0.4 is 0 Å². The van der Waals surface area contributed by atoms with Gasteiger partial charge in [-0.1, -0.05) is 13.8 Å². The molecule has 0 radical (unpaired) electrons. The average Bonchev–Trinajstić information content (AvgIpc) is 2.87. The van der Waals surface area contributed by atoms with E-state index in [1.807, 2.05) is 18.7 Å². The quantitative estimate of drug-likeness (QED) is 0.799. The van der Waals surface area contributed by atoms with Gasteiger partial charge in [-0.15, -0.1) is 0 Å². The fraction of sp³-hybridized carbons (Fsp3) is 0.750. The highest BCUT2D eigenvalue weighted by atomic mass is 16.5. The standard InChI is InChI=1S/C14H21N3O2.C2H6/c1-10-13-9-16(11(2)18)6-3-14(13)17(15-10)12-4-7-19-8-5-12;1-2/h12H,3-9H2,1-2H3;1-2H3. The van der Waals surface area contributed by atoms with Gasteiger partial charge in [-0.2, -0.15) is 5.10 Å². The lowest BCUT2D eigenvalue weighted by molar-refractivity contribution is -0.129. The molecule has 2 aliphatic rings. The molecule has 5 nitrogen and oxygen atoms in total. The fourth-order valence-corrected chi connectivity index (χ4v) is 3.11. The van der Waals surface area contributed by atoms with Gasteiger partial charge in [0, 0.05) is 50.9 Å². The van der Waals surface area contributed by atoms with Gasteiger partial charge in [0.25, 0.3) is 0 Å². The minimum Gasteiger partial charge on any atom is -0.381 e. The van der Waals surface area contributed by atoms with E-state index in [2.05, 4.69) is 11.6 Å². The summed E-state index contributed by atoms with van der Waals surface area (Å²) in [5, 5.41) is 4.73. The van der Waals surface area contributed by atoms with Crippen molar-refractivity contribution in [1.82, 2.24) is 14.7 Å². The van der Waals surface area contributed by atoms with Crippen LogP contribution in [0.25, 0.3) is 0 Å². The highest BCUT2D eigenvalue weighted by Gasteiger charge is 2.28. The zero-order valence-electron chi connectivity index (χ0n) is 13.7. The first-order chi connectivity index (χ1) is 10.2. The van der Waals surface area contributed by atoms with Crippen LogP contribution in [0.5, 0.6) is 0 Å². The van der Waals surface area contributed by atoms with Crippen molar-refractivity contribution in [2.75, 3.05) is 19.8 Å². The first kappa shape index (κ1) is 16.0. The number of aryl methyl sites for hydroxylation is 1. The third-order valence-electron chi connectivity index (χ3n) is 4.27. The Balaban J connectivity index is 0.000000774. The molecular formula is C16H27N3O2. The Bertz CT molecular complexity index is 490. The summed E-state index contributed by atoms with van der Waals surface area (Å²) < 4.78 is 7.64. The number of carbonyl (C=O) groups excluding carboxylic acids is 1. The van der Waals surface area contributed by atoms with E-state index in [-0.39, 0.29) is 5.91 Å². The number of carbonyl (C=O) groups is 1. The number of fused-ring (bicyclic) bond motifs is 1. The normalized spacial score (nSPS) is 18.8. The predicted molar refractivity (Wildman–Crippen MR) is 82.2 cm³/mol. The zero-order chi connectivity index (χ0) is 15.4. The van der Waals surface area contributed by atoms with Gasteiger partial charge in [0.15, 0.2) is 0 Å². The molecule has 21 heavy (non-hydrogen) atoms. The van der Waals surface area contributed by atoms with Crippen molar-refractivity contribution in [1.29, 1.82) is 0 Å². The highest BCUT2D eigenvalue weighted by molar-refractivity contribution is 5.73. The van der Waals surface area contributed by atoms with Crippen LogP contribution in [-0.2, 0) is 22.5 Å². The van der Waals surface area contributed by atoms with Crippen LogP contribution in [0, 0.1) is 6.92 Å². The Morgan fingerprint density at radius 3 is 2.57 bits per heavy atom. The number of hydrogen-bond acceptors (Lipinski definition) is 3. The van der Waals surface area contributed by atoms with Gasteiger partial charge in [0.2, 0.25) is 5.91 Å². The molecule has 0 aromatic carbocycles. The van der Waals surface area contributed by atoms with Crippen molar-refractivity contribution in [3.05, 3.63) is 17.0 Å². The van der Waals surface area contributed by atoms with E-state index >= 15 is 0 Å². The van der Waals surface area contributed by atoms with Gasteiger partial charge < -0.3 is 9.64 Å². The van der Waals surface area contributed by atoms with Crippen LogP contribution in [0.3, 0.4) is 0 Å². The Morgan fingerprint density at radius 1 is 1.29 bits per heavy atom. The highest BCUT2D eigenvalue weighted by Crippen LogP contribution is 2.28. The second-order valence-electron chi connectivity index (χ2n) is 5.49. The second kappa shape index (κ2) is 7.07. The average molecular weight is 293 g/mol. The second-order valence-corrected chi connectivity index (χ2v) is 5.49. The molecule has 0 bridgehead atoms. The summed E-state index contributed by atoms with van der Waals surface area (Å²) in [5.41, 5.74) is 3.67. The van der Waals surface area contributed by atoms with Gasteiger partial charge >= 0.3 is 0 Å². The first-order valence-corrected chi connectivity index (χ1v) is 8.07. The number of rotatable bonds is 1. The monoisotopic (exact) mass is 293 g/mol. The molecule has 0 saturated carbocycles. The summed E-state index contributed by atoms with van der Waals surface area (Å²) >= 11 is 0. The number of ether oxygens (including phenoxy) is 1. The topological polar surface area (TPSA) is 47.4 Å². The Morgan fingerprint density at radius 2 is 1.95 bits per heavy atom. The molecule has 0 aliphatic carbocycles. The van der Waals surface area contributed by atoms with Gasteiger partial charge in [0.05, 0.1) is 11.7 Å². The molecule has 118 valence electrons. The maximum absolute atomic E-state index is 11.5. The van der Waals surface area contributed by atoms with Gasteiger partial charge in [0.1, 0.15) is 0 Å². The summed E-state index contributed by atoms with van der Waals surface area (Å²) in [5.74, 6) is 0.156. The molecule has 0 unspecified atom stereocenters. The van der Waals surface area contributed by atoms with Crippen LogP contribution in [0.4, 0.5) is 0 Å². The third kappa shape index (κ3) is 3.28. The lowest BCUT2D eigenvalue weighted by Gasteiger charge is -2.29. The molecule has 0 N–H and O–H groups in total.